The molecule has 0 amide bonds. The number of hydrogen-bond donors (Lipinski definition) is 0. The van der Waals surface area contributed by atoms with Crippen LogP contribution in [0.3, 0.4) is 0 Å². The molecule has 2 rings (SSSR count). The molecule has 2 aromatic rings. The molecule has 0 saturated heterocycles. The highest BCUT2D eigenvalue weighted by Gasteiger charge is 1.99. The topological polar surface area (TPSA) is 0 Å². The van der Waals surface area contributed by atoms with Crippen LogP contribution >= 0.6 is 31.9 Å². The summed E-state index contributed by atoms with van der Waals surface area (Å²) < 4.78 is 2.31. The van der Waals surface area contributed by atoms with Crippen LogP contribution in [0.5, 0.6) is 0 Å². The van der Waals surface area contributed by atoms with Gasteiger partial charge in [0, 0.05) is 4.47 Å². The van der Waals surface area contributed by atoms with E-state index in [-0.39, 0.29) is 0 Å². The molecule has 0 radical (unpaired) electrons. The Bertz CT molecular complexity index is 651. The van der Waals surface area contributed by atoms with Crippen molar-refractivity contribution in [3.8, 4) is 0 Å². The van der Waals surface area contributed by atoms with Gasteiger partial charge >= 0.3 is 0 Å². The van der Waals surface area contributed by atoms with Crippen molar-refractivity contribution in [2.75, 3.05) is 0 Å². The summed E-state index contributed by atoms with van der Waals surface area (Å²) in [4.78, 5) is 0. The second-order valence-electron chi connectivity index (χ2n) is 3.72. The van der Waals surface area contributed by atoms with Crippen molar-refractivity contribution in [2.24, 2.45) is 0 Å². The van der Waals surface area contributed by atoms with Crippen LogP contribution in [0.15, 0.2) is 34.8 Å². The van der Waals surface area contributed by atoms with E-state index >= 15 is 0 Å². The highest BCUT2D eigenvalue weighted by atomic mass is 79.9. The van der Waals surface area contributed by atoms with Gasteiger partial charge in [0.15, 0.2) is 0 Å². The highest BCUT2D eigenvalue weighted by molar-refractivity contribution is 9.14. The first-order chi connectivity index (χ1) is 8.63. The molecule has 0 aliphatic rings. The SMILES string of the molecule is C/C=c1/cc2cccc(Br)c2c/c1=C(/C)Br.CC. The van der Waals surface area contributed by atoms with Crippen LogP contribution in [0, 0.1) is 0 Å². The minimum absolute atomic E-state index is 1.14. The zero-order valence-corrected chi connectivity index (χ0v) is 14.4. The Kier molecular flexibility index (Phi) is 6.10. The fourth-order valence-electron chi connectivity index (χ4n) is 1.84. The standard InChI is InChI=1S/C14H12Br2.C2H6/c1-3-10-7-11-5-4-6-14(16)13(11)8-12(10)9(2)15;1-2/h3-8H,1-2H3;1-2H3/b10-3-,12-9+;. The molecule has 0 aliphatic carbocycles. The molecule has 0 bridgehead atoms. The van der Waals surface area contributed by atoms with Gasteiger partial charge < -0.3 is 0 Å². The van der Waals surface area contributed by atoms with E-state index < -0.39 is 0 Å². The van der Waals surface area contributed by atoms with Crippen molar-refractivity contribution >= 4 is 53.2 Å². The second kappa shape index (κ2) is 7.10. The third-order valence-electron chi connectivity index (χ3n) is 2.68. The first kappa shape index (κ1) is 15.5. The van der Waals surface area contributed by atoms with E-state index in [9.17, 15) is 0 Å². The van der Waals surface area contributed by atoms with Gasteiger partial charge in [0.1, 0.15) is 0 Å². The summed E-state index contributed by atoms with van der Waals surface area (Å²) in [6.45, 7) is 8.14. The van der Waals surface area contributed by atoms with Crippen molar-refractivity contribution in [2.45, 2.75) is 27.7 Å². The molecule has 2 heteroatoms. The van der Waals surface area contributed by atoms with Gasteiger partial charge in [-0.1, -0.05) is 63.9 Å². The fraction of sp³-hybridized carbons (Fsp3) is 0.250. The lowest BCUT2D eigenvalue weighted by Gasteiger charge is -2.02. The lowest BCUT2D eigenvalue weighted by molar-refractivity contribution is 1.50. The first-order valence-electron chi connectivity index (χ1n) is 6.14. The lowest BCUT2D eigenvalue weighted by atomic mass is 10.1. The number of rotatable bonds is 0. The van der Waals surface area contributed by atoms with Crippen molar-refractivity contribution < 1.29 is 0 Å². The zero-order chi connectivity index (χ0) is 13.7. The van der Waals surface area contributed by atoms with Gasteiger partial charge in [-0.15, -0.1) is 0 Å². The molecule has 0 N–H and O–H groups in total. The maximum absolute atomic E-state index is 3.59. The molecule has 0 aliphatic heterocycles. The van der Waals surface area contributed by atoms with Gasteiger partial charge in [0.25, 0.3) is 0 Å². The maximum Gasteiger partial charge on any atom is 0.0253 e. The largest absolute Gasteiger partial charge is 0.0797 e. The first-order valence-corrected chi connectivity index (χ1v) is 7.73. The highest BCUT2D eigenvalue weighted by Crippen LogP contribution is 2.21. The van der Waals surface area contributed by atoms with Gasteiger partial charge in [-0.3, -0.25) is 0 Å². The Morgan fingerprint density at radius 2 is 1.83 bits per heavy atom. The van der Waals surface area contributed by atoms with Crippen LogP contribution in [0.4, 0.5) is 0 Å². The van der Waals surface area contributed by atoms with Crippen molar-refractivity contribution in [3.05, 3.63) is 45.2 Å². The number of benzene rings is 2. The van der Waals surface area contributed by atoms with E-state index in [4.69, 9.17) is 0 Å². The van der Waals surface area contributed by atoms with E-state index in [2.05, 4.69) is 82.1 Å². The van der Waals surface area contributed by atoms with E-state index in [0.29, 0.717) is 0 Å². The second-order valence-corrected chi connectivity index (χ2v) is 5.77. The summed E-state index contributed by atoms with van der Waals surface area (Å²) in [6, 6.07) is 10.7. The number of fused-ring (bicyclic) bond motifs is 1. The third-order valence-corrected chi connectivity index (χ3v) is 3.80. The summed E-state index contributed by atoms with van der Waals surface area (Å²) in [5, 5.41) is 5.03. The summed E-state index contributed by atoms with van der Waals surface area (Å²) in [5.41, 5.74) is 0. The minimum atomic E-state index is 1.14. The molecule has 2 aromatic carbocycles. The van der Waals surface area contributed by atoms with Crippen LogP contribution < -0.4 is 10.4 Å². The summed E-state index contributed by atoms with van der Waals surface area (Å²) >= 11 is 7.16. The Hall–Kier alpha value is -0.600. The van der Waals surface area contributed by atoms with E-state index in [1.807, 2.05) is 13.8 Å². The predicted molar refractivity (Wildman–Crippen MR) is 90.4 cm³/mol. The fourth-order valence-corrected chi connectivity index (χ4v) is 2.68. The Morgan fingerprint density at radius 1 is 1.17 bits per heavy atom. The summed E-state index contributed by atoms with van der Waals surface area (Å²) in [6.07, 6.45) is 2.14. The molecule has 0 aromatic heterocycles. The van der Waals surface area contributed by atoms with Crippen LogP contribution in [0.2, 0.25) is 0 Å². The summed E-state index contributed by atoms with van der Waals surface area (Å²) in [5.74, 6) is 0. The molecule has 96 valence electrons. The molecular formula is C16H18Br2. The van der Waals surface area contributed by atoms with Gasteiger partial charge in [-0.2, -0.15) is 0 Å². The summed E-state index contributed by atoms with van der Waals surface area (Å²) in [7, 11) is 0. The molecule has 0 spiro atoms. The van der Waals surface area contributed by atoms with Crippen LogP contribution in [0.25, 0.3) is 21.3 Å². The average molecular weight is 370 g/mol. The lowest BCUT2D eigenvalue weighted by Crippen LogP contribution is -2.24. The van der Waals surface area contributed by atoms with E-state index in [1.54, 1.807) is 0 Å². The van der Waals surface area contributed by atoms with Crippen LogP contribution in [-0.4, -0.2) is 0 Å². The average Bonchev–Trinajstić information content (AvgIpc) is 2.40. The van der Waals surface area contributed by atoms with Crippen molar-refractivity contribution in [1.29, 1.82) is 0 Å². The Balaban J connectivity index is 0.000000771. The van der Waals surface area contributed by atoms with E-state index in [0.717, 1.165) is 4.47 Å². The zero-order valence-electron chi connectivity index (χ0n) is 11.2. The van der Waals surface area contributed by atoms with E-state index in [1.165, 1.54) is 25.7 Å². The van der Waals surface area contributed by atoms with Gasteiger partial charge in [-0.05, 0) is 57.7 Å². The predicted octanol–water partition coefficient (Wildman–Crippen LogP) is 4.95. The monoisotopic (exact) mass is 368 g/mol. The van der Waals surface area contributed by atoms with Gasteiger partial charge in [0.05, 0.1) is 0 Å². The van der Waals surface area contributed by atoms with Gasteiger partial charge in [0.2, 0.25) is 0 Å². The third kappa shape index (κ3) is 3.24. The van der Waals surface area contributed by atoms with Crippen LogP contribution in [0.1, 0.15) is 27.7 Å². The molecule has 0 fully saturated rings. The quantitative estimate of drug-likeness (QED) is 0.616. The molecule has 0 heterocycles. The normalized spacial score (nSPS) is 13.1. The van der Waals surface area contributed by atoms with Crippen molar-refractivity contribution in [1.82, 2.24) is 0 Å². The Morgan fingerprint density at radius 3 is 2.39 bits per heavy atom. The molecule has 0 nitrogen and oxygen atoms in total. The smallest absolute Gasteiger partial charge is 0.0253 e. The molecule has 0 unspecified atom stereocenters. The molecular weight excluding hydrogens is 352 g/mol. The number of hydrogen-bond acceptors (Lipinski definition) is 0. The molecule has 0 saturated carbocycles. The Labute approximate surface area is 126 Å². The minimum Gasteiger partial charge on any atom is -0.0797 e. The maximum atomic E-state index is 3.59. The van der Waals surface area contributed by atoms with Crippen LogP contribution in [-0.2, 0) is 0 Å². The van der Waals surface area contributed by atoms with Gasteiger partial charge in [-0.25, -0.2) is 0 Å². The van der Waals surface area contributed by atoms with Crippen molar-refractivity contribution in [3.63, 3.8) is 0 Å². The molecule has 18 heavy (non-hydrogen) atoms. The molecule has 0 atom stereocenters. The number of halogens is 2.